The van der Waals surface area contributed by atoms with Crippen LogP contribution in [-0.4, -0.2) is 41.3 Å². The van der Waals surface area contributed by atoms with Crippen LogP contribution in [0.4, 0.5) is 4.79 Å². The minimum absolute atomic E-state index is 0.201. The first-order valence-electron chi connectivity index (χ1n) is 6.63. The van der Waals surface area contributed by atoms with E-state index in [-0.39, 0.29) is 17.4 Å². The Bertz CT molecular complexity index is 466. The van der Waals surface area contributed by atoms with E-state index < -0.39 is 0 Å². The second-order valence-electron chi connectivity index (χ2n) is 5.31. The van der Waals surface area contributed by atoms with E-state index in [1.54, 1.807) is 12.1 Å². The lowest BCUT2D eigenvalue weighted by Crippen LogP contribution is -2.56. The van der Waals surface area contributed by atoms with Crippen LogP contribution in [0.3, 0.4) is 0 Å². The van der Waals surface area contributed by atoms with Crippen molar-refractivity contribution < 1.29 is 14.6 Å². The van der Waals surface area contributed by atoms with Crippen LogP contribution in [0.15, 0.2) is 24.3 Å². The number of carbonyl (C=O) groups is 1. The van der Waals surface area contributed by atoms with Gasteiger partial charge in [-0.25, -0.2) is 4.79 Å². The molecule has 0 aromatic heterocycles. The predicted octanol–water partition coefficient (Wildman–Crippen LogP) is 1.47. The van der Waals surface area contributed by atoms with Crippen molar-refractivity contribution in [1.82, 2.24) is 10.2 Å². The largest absolute Gasteiger partial charge is 0.508 e. The molecular weight excluding hydrogens is 244 g/mol. The molecular formula is C14H18N2O3. The van der Waals surface area contributed by atoms with Gasteiger partial charge in [0, 0.05) is 13.1 Å². The minimum Gasteiger partial charge on any atom is -0.508 e. The van der Waals surface area contributed by atoms with Crippen molar-refractivity contribution in [2.45, 2.75) is 24.9 Å². The molecule has 3 rings (SSSR count). The van der Waals surface area contributed by atoms with Crippen LogP contribution < -0.4 is 5.32 Å². The van der Waals surface area contributed by atoms with Crippen molar-refractivity contribution in [3.63, 3.8) is 0 Å². The molecule has 2 saturated heterocycles. The molecule has 0 saturated carbocycles. The normalized spacial score (nSPS) is 26.7. The van der Waals surface area contributed by atoms with Crippen molar-refractivity contribution in [2.24, 2.45) is 0 Å². The Morgan fingerprint density at radius 2 is 2.16 bits per heavy atom. The topological polar surface area (TPSA) is 61.8 Å². The number of hydrogen-bond acceptors (Lipinski definition) is 4. The highest BCUT2D eigenvalue weighted by atomic mass is 16.6. The van der Waals surface area contributed by atoms with Crippen molar-refractivity contribution in [3.05, 3.63) is 29.8 Å². The Balaban J connectivity index is 1.80. The third-order valence-corrected chi connectivity index (χ3v) is 3.98. The van der Waals surface area contributed by atoms with Gasteiger partial charge in [0.1, 0.15) is 12.4 Å². The first kappa shape index (κ1) is 12.3. The van der Waals surface area contributed by atoms with Gasteiger partial charge in [-0.15, -0.1) is 0 Å². The second kappa shape index (κ2) is 4.74. The van der Waals surface area contributed by atoms with E-state index in [1.165, 1.54) is 0 Å². The molecule has 1 aromatic carbocycles. The molecule has 2 aliphatic heterocycles. The summed E-state index contributed by atoms with van der Waals surface area (Å²) in [4.78, 5) is 13.8. The summed E-state index contributed by atoms with van der Waals surface area (Å²) in [5.74, 6) is 0.238. The average Bonchev–Trinajstić information content (AvgIpc) is 2.72. The molecule has 0 bridgehead atoms. The third kappa shape index (κ3) is 2.26. The predicted molar refractivity (Wildman–Crippen MR) is 69.8 cm³/mol. The first-order chi connectivity index (χ1) is 9.20. The van der Waals surface area contributed by atoms with Crippen molar-refractivity contribution in [3.8, 4) is 5.75 Å². The molecule has 2 aliphatic rings. The zero-order chi connectivity index (χ0) is 13.3. The summed E-state index contributed by atoms with van der Waals surface area (Å²) in [6, 6.07) is 6.96. The number of benzene rings is 1. The molecule has 5 heteroatoms. The summed E-state index contributed by atoms with van der Waals surface area (Å²) in [7, 11) is 0. The van der Waals surface area contributed by atoms with Crippen LogP contribution in [-0.2, 0) is 11.3 Å². The number of hydrogen-bond donors (Lipinski definition) is 2. The SMILES string of the molecule is O=C1OCC2(CCCNC2)N1Cc1ccc(O)cc1. The fourth-order valence-corrected chi connectivity index (χ4v) is 2.87. The Morgan fingerprint density at radius 3 is 2.84 bits per heavy atom. The lowest BCUT2D eigenvalue weighted by atomic mass is 9.89. The fraction of sp³-hybridized carbons (Fsp3) is 0.500. The standard InChI is InChI=1S/C14H18N2O3/c17-12-4-2-11(3-5-12)8-16-13(18)19-10-14(16)6-1-7-15-9-14/h2-5,15,17H,1,6-10H2. The maximum Gasteiger partial charge on any atom is 0.410 e. The molecule has 1 atom stereocenters. The summed E-state index contributed by atoms with van der Waals surface area (Å²) in [6.45, 7) is 2.79. The highest BCUT2D eigenvalue weighted by Gasteiger charge is 2.47. The van der Waals surface area contributed by atoms with E-state index in [1.807, 2.05) is 17.0 Å². The maximum absolute atomic E-state index is 11.9. The zero-order valence-corrected chi connectivity index (χ0v) is 10.8. The molecule has 1 amide bonds. The van der Waals surface area contributed by atoms with Crippen LogP contribution in [0.1, 0.15) is 18.4 Å². The van der Waals surface area contributed by atoms with Gasteiger partial charge in [-0.05, 0) is 37.1 Å². The Hall–Kier alpha value is -1.75. The lowest BCUT2D eigenvalue weighted by Gasteiger charge is -2.38. The van der Waals surface area contributed by atoms with Gasteiger partial charge in [-0.2, -0.15) is 0 Å². The van der Waals surface area contributed by atoms with Crippen LogP contribution in [0, 0.1) is 0 Å². The van der Waals surface area contributed by atoms with E-state index in [4.69, 9.17) is 4.74 Å². The van der Waals surface area contributed by atoms with Gasteiger partial charge in [0.2, 0.25) is 0 Å². The summed E-state index contributed by atoms with van der Waals surface area (Å²) in [5, 5.41) is 12.6. The van der Waals surface area contributed by atoms with Gasteiger partial charge in [-0.1, -0.05) is 12.1 Å². The zero-order valence-electron chi connectivity index (χ0n) is 10.8. The summed E-state index contributed by atoms with van der Waals surface area (Å²) < 4.78 is 5.25. The van der Waals surface area contributed by atoms with Gasteiger partial charge in [-0.3, -0.25) is 4.90 Å². The van der Waals surface area contributed by atoms with Crippen LogP contribution in [0.5, 0.6) is 5.75 Å². The molecule has 1 unspecified atom stereocenters. The quantitative estimate of drug-likeness (QED) is 0.847. The summed E-state index contributed by atoms with van der Waals surface area (Å²) in [6.07, 6.45) is 1.80. The average molecular weight is 262 g/mol. The molecule has 19 heavy (non-hydrogen) atoms. The van der Waals surface area contributed by atoms with Gasteiger partial charge in [0.05, 0.1) is 5.54 Å². The monoisotopic (exact) mass is 262 g/mol. The van der Waals surface area contributed by atoms with Crippen LogP contribution in [0.25, 0.3) is 0 Å². The summed E-state index contributed by atoms with van der Waals surface area (Å²) in [5.41, 5.74) is 0.800. The number of phenolic OH excluding ortho intramolecular Hbond substituents is 1. The van der Waals surface area contributed by atoms with Crippen molar-refractivity contribution in [2.75, 3.05) is 19.7 Å². The van der Waals surface area contributed by atoms with Gasteiger partial charge in [0.15, 0.2) is 0 Å². The Morgan fingerprint density at radius 1 is 1.37 bits per heavy atom. The van der Waals surface area contributed by atoms with Crippen LogP contribution >= 0.6 is 0 Å². The Labute approximate surface area is 112 Å². The molecule has 2 fully saturated rings. The number of aromatic hydroxyl groups is 1. The minimum atomic E-state index is -0.239. The number of carbonyl (C=O) groups excluding carboxylic acids is 1. The van der Waals surface area contributed by atoms with Crippen LogP contribution in [0.2, 0.25) is 0 Å². The molecule has 102 valence electrons. The number of phenols is 1. The highest BCUT2D eigenvalue weighted by molar-refractivity contribution is 5.71. The number of rotatable bonds is 2. The third-order valence-electron chi connectivity index (χ3n) is 3.98. The molecule has 0 radical (unpaired) electrons. The smallest absolute Gasteiger partial charge is 0.410 e. The molecule has 2 N–H and O–H groups in total. The Kier molecular flexibility index (Phi) is 3.06. The second-order valence-corrected chi connectivity index (χ2v) is 5.31. The molecule has 0 aliphatic carbocycles. The number of ether oxygens (including phenoxy) is 1. The maximum atomic E-state index is 11.9. The van der Waals surface area contributed by atoms with E-state index in [0.717, 1.165) is 31.5 Å². The number of nitrogens with zero attached hydrogens (tertiary/aromatic N) is 1. The number of cyclic esters (lactones) is 1. The van der Waals surface area contributed by atoms with E-state index in [2.05, 4.69) is 5.32 Å². The number of amides is 1. The molecule has 5 nitrogen and oxygen atoms in total. The van der Waals surface area contributed by atoms with Gasteiger partial charge in [0.25, 0.3) is 0 Å². The van der Waals surface area contributed by atoms with E-state index in [0.29, 0.717) is 13.2 Å². The van der Waals surface area contributed by atoms with E-state index >= 15 is 0 Å². The summed E-state index contributed by atoms with van der Waals surface area (Å²) >= 11 is 0. The number of piperidine rings is 1. The molecule has 1 spiro atoms. The number of nitrogens with one attached hydrogen (secondary N) is 1. The molecule has 1 aromatic rings. The first-order valence-corrected chi connectivity index (χ1v) is 6.63. The lowest BCUT2D eigenvalue weighted by molar-refractivity contribution is 0.124. The van der Waals surface area contributed by atoms with E-state index in [9.17, 15) is 9.90 Å². The highest BCUT2D eigenvalue weighted by Crippen LogP contribution is 2.32. The van der Waals surface area contributed by atoms with Gasteiger partial charge < -0.3 is 15.2 Å². The van der Waals surface area contributed by atoms with Crippen molar-refractivity contribution >= 4 is 6.09 Å². The fourth-order valence-electron chi connectivity index (χ4n) is 2.87. The van der Waals surface area contributed by atoms with Crippen molar-refractivity contribution in [1.29, 1.82) is 0 Å². The molecule has 2 heterocycles. The van der Waals surface area contributed by atoms with Gasteiger partial charge >= 0.3 is 6.09 Å².